The summed E-state index contributed by atoms with van der Waals surface area (Å²) in [5.74, 6) is -0.913. The zero-order valence-electron chi connectivity index (χ0n) is 20.2. The lowest BCUT2D eigenvalue weighted by atomic mass is 9.85. The van der Waals surface area contributed by atoms with E-state index >= 15 is 0 Å². The van der Waals surface area contributed by atoms with Crippen LogP contribution in [0.1, 0.15) is 34.3 Å². The molecular formula is C26H21F6N5O2. The highest BCUT2D eigenvalue weighted by Crippen LogP contribution is 2.41. The van der Waals surface area contributed by atoms with E-state index in [4.69, 9.17) is 0 Å². The molecular weight excluding hydrogens is 528 g/mol. The number of anilines is 2. The number of nitrogens with zero attached hydrogens (tertiary/aromatic N) is 5. The van der Waals surface area contributed by atoms with E-state index < -0.39 is 40.5 Å². The molecule has 3 aromatic rings. The van der Waals surface area contributed by atoms with E-state index in [9.17, 15) is 35.9 Å². The molecule has 0 aliphatic carbocycles. The second-order valence-corrected chi connectivity index (χ2v) is 9.32. The molecule has 0 unspecified atom stereocenters. The van der Waals surface area contributed by atoms with Crippen LogP contribution in [-0.4, -0.2) is 52.0 Å². The van der Waals surface area contributed by atoms with Crippen LogP contribution in [0.4, 0.5) is 37.8 Å². The zero-order valence-corrected chi connectivity index (χ0v) is 20.2. The van der Waals surface area contributed by atoms with Crippen LogP contribution in [0.15, 0.2) is 67.1 Å². The van der Waals surface area contributed by atoms with Gasteiger partial charge < -0.3 is 9.80 Å². The van der Waals surface area contributed by atoms with Crippen LogP contribution in [-0.2, 0) is 17.1 Å². The van der Waals surface area contributed by atoms with Gasteiger partial charge >= 0.3 is 12.4 Å². The normalized spacial score (nSPS) is 17.7. The minimum Gasteiger partial charge on any atom is -0.338 e. The van der Waals surface area contributed by atoms with Crippen LogP contribution in [0.2, 0.25) is 0 Å². The van der Waals surface area contributed by atoms with Crippen molar-refractivity contribution in [3.63, 3.8) is 0 Å². The van der Waals surface area contributed by atoms with E-state index in [1.54, 1.807) is 0 Å². The average Bonchev–Trinajstić information content (AvgIpc) is 3.20. The first-order chi connectivity index (χ1) is 18.4. The van der Waals surface area contributed by atoms with Gasteiger partial charge in [0.15, 0.2) is 5.82 Å². The number of carbonyl (C=O) groups is 2. The molecule has 204 valence electrons. The third kappa shape index (κ3) is 4.88. The van der Waals surface area contributed by atoms with Crippen molar-refractivity contribution in [2.24, 2.45) is 0 Å². The first-order valence-corrected chi connectivity index (χ1v) is 11.9. The zero-order chi connectivity index (χ0) is 28.0. The number of amides is 2. The molecule has 13 heteroatoms. The Morgan fingerprint density at radius 2 is 1.49 bits per heavy atom. The molecule has 2 fully saturated rings. The van der Waals surface area contributed by atoms with Crippen LogP contribution in [0.5, 0.6) is 0 Å². The van der Waals surface area contributed by atoms with E-state index in [1.807, 2.05) is 35.2 Å². The fourth-order valence-corrected chi connectivity index (χ4v) is 5.08. The molecule has 3 heterocycles. The molecule has 2 aliphatic rings. The van der Waals surface area contributed by atoms with Gasteiger partial charge in [-0.05, 0) is 43.2 Å². The third-order valence-corrected chi connectivity index (χ3v) is 7.05. The van der Waals surface area contributed by atoms with Gasteiger partial charge in [0.2, 0.25) is 0 Å². The maximum absolute atomic E-state index is 13.8. The molecule has 1 spiro atoms. The number of alkyl halides is 6. The van der Waals surface area contributed by atoms with Gasteiger partial charge in [-0.15, -0.1) is 0 Å². The van der Waals surface area contributed by atoms with E-state index in [-0.39, 0.29) is 44.6 Å². The van der Waals surface area contributed by atoms with Crippen molar-refractivity contribution < 1.29 is 35.9 Å². The standard InChI is InChI=1S/C26H21F6N5O2/c27-25(28,29)18-12-17(13-19(14-18)26(30,31)32)22(38)35-10-6-24(7-11-35)23(39)36(21-15-33-8-9-34-21)16-37(24)20-4-2-1-3-5-20/h1-5,8-9,12-15H,6-7,10-11,16H2. The van der Waals surface area contributed by atoms with Crippen LogP contribution in [0.3, 0.4) is 0 Å². The van der Waals surface area contributed by atoms with Crippen molar-refractivity contribution in [1.29, 1.82) is 0 Å². The fourth-order valence-electron chi connectivity index (χ4n) is 5.08. The van der Waals surface area contributed by atoms with E-state index in [2.05, 4.69) is 9.97 Å². The number of aromatic nitrogens is 2. The summed E-state index contributed by atoms with van der Waals surface area (Å²) < 4.78 is 79.9. The minimum atomic E-state index is -5.07. The van der Waals surface area contributed by atoms with Crippen molar-refractivity contribution in [2.75, 3.05) is 29.6 Å². The van der Waals surface area contributed by atoms with Gasteiger partial charge in [0.05, 0.1) is 17.3 Å². The van der Waals surface area contributed by atoms with Crippen molar-refractivity contribution >= 4 is 23.3 Å². The van der Waals surface area contributed by atoms with Gasteiger partial charge in [0, 0.05) is 36.7 Å². The number of para-hydroxylation sites is 1. The number of hydrogen-bond acceptors (Lipinski definition) is 5. The number of rotatable bonds is 3. The van der Waals surface area contributed by atoms with Gasteiger partial charge in [0.1, 0.15) is 12.2 Å². The number of halogens is 6. The smallest absolute Gasteiger partial charge is 0.338 e. The van der Waals surface area contributed by atoms with Gasteiger partial charge in [-0.3, -0.25) is 19.5 Å². The summed E-state index contributed by atoms with van der Waals surface area (Å²) in [6.07, 6.45) is -5.56. The van der Waals surface area contributed by atoms with E-state index in [1.165, 1.54) is 28.4 Å². The van der Waals surface area contributed by atoms with Crippen LogP contribution < -0.4 is 9.80 Å². The Balaban J connectivity index is 1.44. The van der Waals surface area contributed by atoms with Gasteiger partial charge in [-0.25, -0.2) is 4.98 Å². The largest absolute Gasteiger partial charge is 0.416 e. The molecule has 2 aromatic carbocycles. The number of hydrogen-bond donors (Lipinski definition) is 0. The molecule has 2 saturated heterocycles. The summed E-state index contributed by atoms with van der Waals surface area (Å²) in [6.45, 7) is 0.0394. The molecule has 5 rings (SSSR count). The Morgan fingerprint density at radius 3 is 2.03 bits per heavy atom. The Kier molecular flexibility index (Phi) is 6.47. The van der Waals surface area contributed by atoms with Crippen molar-refractivity contribution in [1.82, 2.24) is 14.9 Å². The lowest BCUT2D eigenvalue weighted by molar-refractivity contribution is -0.143. The van der Waals surface area contributed by atoms with Crippen molar-refractivity contribution in [2.45, 2.75) is 30.7 Å². The third-order valence-electron chi connectivity index (χ3n) is 7.05. The fraction of sp³-hybridized carbons (Fsp3) is 0.308. The Bertz CT molecular complexity index is 1340. The monoisotopic (exact) mass is 549 g/mol. The molecule has 0 N–H and O–H groups in total. The summed E-state index contributed by atoms with van der Waals surface area (Å²) in [5, 5.41) is 0. The summed E-state index contributed by atoms with van der Waals surface area (Å²) in [6, 6.07) is 9.93. The second-order valence-electron chi connectivity index (χ2n) is 9.32. The van der Waals surface area contributed by atoms with E-state index in [0.29, 0.717) is 18.0 Å². The molecule has 2 amide bonds. The summed E-state index contributed by atoms with van der Waals surface area (Å²) in [5.41, 5.74) is -4.19. The lowest BCUT2D eigenvalue weighted by Gasteiger charge is -2.43. The number of likely N-dealkylation sites (tertiary alicyclic amines) is 1. The SMILES string of the molecule is O=C(c1cc(C(F)(F)F)cc(C(F)(F)F)c1)N1CCC2(CC1)C(=O)N(c1cnccn1)CN2c1ccccc1. The van der Waals surface area contributed by atoms with Crippen molar-refractivity contribution in [3.05, 3.63) is 83.8 Å². The Hall–Kier alpha value is -4.16. The maximum atomic E-state index is 13.8. The summed E-state index contributed by atoms with van der Waals surface area (Å²) in [7, 11) is 0. The van der Waals surface area contributed by atoms with Crippen LogP contribution in [0, 0.1) is 0 Å². The Labute approximate surface area is 218 Å². The lowest BCUT2D eigenvalue weighted by Crippen LogP contribution is -2.57. The van der Waals surface area contributed by atoms with Crippen LogP contribution in [0.25, 0.3) is 0 Å². The molecule has 0 radical (unpaired) electrons. The highest BCUT2D eigenvalue weighted by Gasteiger charge is 2.55. The predicted octanol–water partition coefficient (Wildman–Crippen LogP) is 5.00. The highest BCUT2D eigenvalue weighted by molar-refractivity contribution is 6.06. The molecule has 39 heavy (non-hydrogen) atoms. The molecule has 1 aromatic heterocycles. The summed E-state index contributed by atoms with van der Waals surface area (Å²) >= 11 is 0. The molecule has 0 saturated carbocycles. The van der Waals surface area contributed by atoms with Gasteiger partial charge in [-0.1, -0.05) is 18.2 Å². The number of piperidine rings is 1. The number of carbonyl (C=O) groups excluding carboxylic acids is 2. The van der Waals surface area contributed by atoms with E-state index in [0.717, 1.165) is 5.69 Å². The Morgan fingerprint density at radius 1 is 0.872 bits per heavy atom. The van der Waals surface area contributed by atoms with Crippen LogP contribution >= 0.6 is 0 Å². The quantitative estimate of drug-likeness (QED) is 0.431. The first kappa shape index (κ1) is 26.4. The second kappa shape index (κ2) is 9.54. The molecule has 0 bridgehead atoms. The molecule has 7 nitrogen and oxygen atoms in total. The predicted molar refractivity (Wildman–Crippen MR) is 128 cm³/mol. The number of benzene rings is 2. The molecule has 2 aliphatic heterocycles. The minimum absolute atomic E-state index is 0.0159. The van der Waals surface area contributed by atoms with Crippen molar-refractivity contribution in [3.8, 4) is 0 Å². The average molecular weight is 549 g/mol. The maximum Gasteiger partial charge on any atom is 0.416 e. The first-order valence-electron chi connectivity index (χ1n) is 11.9. The summed E-state index contributed by atoms with van der Waals surface area (Å²) in [4.78, 5) is 39.7. The highest BCUT2D eigenvalue weighted by atomic mass is 19.4. The van der Waals surface area contributed by atoms with Gasteiger partial charge in [0.25, 0.3) is 11.8 Å². The topological polar surface area (TPSA) is 69.6 Å². The molecule has 0 atom stereocenters. The van der Waals surface area contributed by atoms with Gasteiger partial charge in [-0.2, -0.15) is 26.3 Å².